The van der Waals surface area contributed by atoms with E-state index in [0.717, 1.165) is 0 Å². The van der Waals surface area contributed by atoms with Gasteiger partial charge in [0.1, 0.15) is 6.04 Å². The van der Waals surface area contributed by atoms with Gasteiger partial charge in [-0.3, -0.25) is 4.79 Å². The summed E-state index contributed by atoms with van der Waals surface area (Å²) in [6.07, 6.45) is 0. The van der Waals surface area contributed by atoms with Crippen LogP contribution in [0.2, 0.25) is 0 Å². The van der Waals surface area contributed by atoms with Crippen LogP contribution < -0.4 is 0 Å². The van der Waals surface area contributed by atoms with Crippen molar-refractivity contribution in [1.29, 1.82) is 0 Å². The number of likely N-dealkylation sites (tertiary alicyclic amines) is 1. The number of carboxylic acid groups (broad SMARTS) is 1. The molecule has 2 fully saturated rings. The van der Waals surface area contributed by atoms with Crippen molar-refractivity contribution in [3.8, 4) is 0 Å². The molecule has 0 radical (unpaired) electrons. The van der Waals surface area contributed by atoms with Gasteiger partial charge >= 0.3 is 5.97 Å². The topological polar surface area (TPSA) is 66.8 Å². The summed E-state index contributed by atoms with van der Waals surface area (Å²) < 4.78 is 5.22. The molecule has 0 spiro atoms. The highest BCUT2D eigenvalue weighted by Gasteiger charge is 2.49. The number of carbonyl (C=O) groups excluding carboxylic acids is 1. The zero-order chi connectivity index (χ0) is 10.3. The number of hydrogen-bond donors (Lipinski definition) is 1. The second-order valence-corrected chi connectivity index (χ2v) is 3.92. The lowest BCUT2D eigenvalue weighted by Crippen LogP contribution is -2.43. The minimum absolute atomic E-state index is 0.0172. The van der Waals surface area contributed by atoms with E-state index >= 15 is 0 Å². The molecular weight excluding hydrogens is 185 g/mol. The van der Waals surface area contributed by atoms with E-state index in [1.807, 2.05) is 0 Å². The molecule has 0 aliphatic carbocycles. The zero-order valence-corrected chi connectivity index (χ0v) is 7.97. The molecule has 0 aromatic heterocycles. The lowest BCUT2D eigenvalue weighted by Gasteiger charge is -2.22. The molecule has 1 N–H and O–H groups in total. The Morgan fingerprint density at radius 2 is 2.14 bits per heavy atom. The van der Waals surface area contributed by atoms with Crippen molar-refractivity contribution in [3.63, 3.8) is 0 Å². The van der Waals surface area contributed by atoms with Gasteiger partial charge in [-0.2, -0.15) is 0 Å². The first-order chi connectivity index (χ1) is 6.61. The number of carbonyl (C=O) groups is 2. The van der Waals surface area contributed by atoms with Gasteiger partial charge < -0.3 is 14.7 Å². The van der Waals surface area contributed by atoms with Gasteiger partial charge in [0.05, 0.1) is 13.2 Å². The average molecular weight is 197 g/mol. The van der Waals surface area contributed by atoms with Gasteiger partial charge in [-0.25, -0.2) is 4.79 Å². The molecule has 3 atom stereocenters. The maximum Gasteiger partial charge on any atom is 0.326 e. The van der Waals surface area contributed by atoms with Crippen LogP contribution in [0.1, 0.15) is 0 Å². The molecule has 2 heterocycles. The number of fused-ring (bicyclic) bond motifs is 1. The van der Waals surface area contributed by atoms with E-state index < -0.39 is 12.0 Å². The molecule has 0 bridgehead atoms. The van der Waals surface area contributed by atoms with Gasteiger partial charge in [0.25, 0.3) is 0 Å². The molecule has 1 amide bonds. The molecule has 5 nitrogen and oxygen atoms in total. The van der Waals surface area contributed by atoms with Crippen LogP contribution in [-0.4, -0.2) is 55.4 Å². The van der Waals surface area contributed by atoms with Gasteiger partial charge in [0.2, 0.25) is 7.85 Å². The summed E-state index contributed by atoms with van der Waals surface area (Å²) in [5, 5.41) is 9.03. The molecule has 14 heavy (non-hydrogen) atoms. The van der Waals surface area contributed by atoms with Crippen molar-refractivity contribution >= 4 is 19.6 Å². The molecule has 2 aliphatic heterocycles. The lowest BCUT2D eigenvalue weighted by molar-refractivity contribution is -0.142. The second-order valence-electron chi connectivity index (χ2n) is 3.92. The summed E-state index contributed by atoms with van der Waals surface area (Å²) >= 11 is 0. The fourth-order valence-corrected chi connectivity index (χ4v) is 2.39. The van der Waals surface area contributed by atoms with Crippen molar-refractivity contribution in [2.24, 2.45) is 11.8 Å². The third-order valence-corrected chi connectivity index (χ3v) is 3.08. The van der Waals surface area contributed by atoms with Crippen LogP contribution in [0.3, 0.4) is 0 Å². The second kappa shape index (κ2) is 3.27. The fourth-order valence-electron chi connectivity index (χ4n) is 2.39. The quantitative estimate of drug-likeness (QED) is 0.534. The third kappa shape index (κ3) is 1.30. The number of rotatable bonds is 1. The summed E-state index contributed by atoms with van der Waals surface area (Å²) in [4.78, 5) is 23.7. The van der Waals surface area contributed by atoms with Crippen molar-refractivity contribution in [2.45, 2.75) is 6.04 Å². The van der Waals surface area contributed by atoms with Crippen molar-refractivity contribution < 1.29 is 19.4 Å². The third-order valence-electron chi connectivity index (χ3n) is 3.08. The molecular formula is C8H12BNO4. The van der Waals surface area contributed by atoms with Gasteiger partial charge in [0, 0.05) is 18.4 Å². The fraction of sp³-hybridized carbons (Fsp3) is 0.750. The minimum atomic E-state index is -0.918. The first-order valence-corrected chi connectivity index (χ1v) is 4.69. The van der Waals surface area contributed by atoms with E-state index in [9.17, 15) is 9.59 Å². The zero-order valence-electron chi connectivity index (χ0n) is 7.97. The van der Waals surface area contributed by atoms with Crippen LogP contribution in [0.25, 0.3) is 0 Å². The van der Waals surface area contributed by atoms with Crippen LogP contribution in [-0.2, 0) is 9.53 Å². The Kier molecular flexibility index (Phi) is 2.22. The van der Waals surface area contributed by atoms with Gasteiger partial charge in [-0.05, 0) is 0 Å². The Balaban J connectivity index is 2.21. The number of ether oxygens (including phenoxy) is 1. The highest BCUT2D eigenvalue weighted by Crippen LogP contribution is 2.34. The summed E-state index contributed by atoms with van der Waals surface area (Å²) in [5.74, 6) is -0.888. The normalized spacial score (nSPS) is 35.7. The largest absolute Gasteiger partial charge is 0.480 e. The van der Waals surface area contributed by atoms with E-state index in [0.29, 0.717) is 19.8 Å². The first kappa shape index (κ1) is 9.52. The van der Waals surface area contributed by atoms with Crippen LogP contribution in [0.5, 0.6) is 0 Å². The standard InChI is InChI=1S/C8H12BNO4/c9-8(13)10-1-4-2-14-3-5(4)6(10)7(11)12/h4-6H,1-3,9H2,(H,11,12)/t4-,5+,6+/m1/s1. The molecule has 0 aromatic carbocycles. The molecule has 76 valence electrons. The van der Waals surface area contributed by atoms with E-state index in [1.165, 1.54) is 12.7 Å². The van der Waals surface area contributed by atoms with Gasteiger partial charge in [-0.1, -0.05) is 0 Å². The van der Waals surface area contributed by atoms with Crippen LogP contribution in [0.4, 0.5) is 4.79 Å². The molecule has 0 aromatic rings. The van der Waals surface area contributed by atoms with Crippen molar-refractivity contribution in [1.82, 2.24) is 4.90 Å². The van der Waals surface area contributed by atoms with Crippen molar-refractivity contribution in [2.75, 3.05) is 19.8 Å². The van der Waals surface area contributed by atoms with E-state index in [-0.39, 0.29) is 17.6 Å². The number of amides is 1. The Bertz CT molecular complexity index is 283. The number of carboxylic acids is 1. The smallest absolute Gasteiger partial charge is 0.326 e. The van der Waals surface area contributed by atoms with Gasteiger partial charge in [-0.15, -0.1) is 0 Å². The molecule has 0 unspecified atom stereocenters. The van der Waals surface area contributed by atoms with Crippen molar-refractivity contribution in [3.05, 3.63) is 0 Å². The highest BCUT2D eigenvalue weighted by molar-refractivity contribution is 6.57. The number of aliphatic carboxylic acids is 1. The Labute approximate surface area is 82.4 Å². The summed E-state index contributed by atoms with van der Waals surface area (Å²) in [7, 11) is 1.41. The van der Waals surface area contributed by atoms with E-state index in [2.05, 4.69) is 0 Å². The van der Waals surface area contributed by atoms with Gasteiger partial charge in [0.15, 0.2) is 5.81 Å². The Morgan fingerprint density at radius 1 is 1.43 bits per heavy atom. The summed E-state index contributed by atoms with van der Waals surface area (Å²) in [5.41, 5.74) is 0. The molecule has 2 rings (SSSR count). The molecule has 0 saturated carbocycles. The predicted molar refractivity (Wildman–Crippen MR) is 49.9 cm³/mol. The first-order valence-electron chi connectivity index (χ1n) is 4.69. The summed E-state index contributed by atoms with van der Waals surface area (Å²) in [6, 6.07) is -0.681. The number of nitrogens with zero attached hydrogens (tertiary/aromatic N) is 1. The minimum Gasteiger partial charge on any atom is -0.480 e. The molecule has 2 aliphatic rings. The number of hydrogen-bond acceptors (Lipinski definition) is 3. The Hall–Kier alpha value is -1.04. The Morgan fingerprint density at radius 3 is 2.71 bits per heavy atom. The lowest BCUT2D eigenvalue weighted by atomic mass is 9.94. The van der Waals surface area contributed by atoms with Crippen LogP contribution >= 0.6 is 0 Å². The molecule has 2 saturated heterocycles. The van der Waals surface area contributed by atoms with Crippen LogP contribution in [0.15, 0.2) is 0 Å². The maximum atomic E-state index is 11.2. The highest BCUT2D eigenvalue weighted by atomic mass is 16.5. The van der Waals surface area contributed by atoms with E-state index in [1.54, 1.807) is 0 Å². The predicted octanol–water partition coefficient (Wildman–Crippen LogP) is -1.23. The SMILES string of the molecule is BC(=O)N1C[C@@H]2COC[C@@H]2[C@H]1C(=O)O. The average Bonchev–Trinajstić information content (AvgIpc) is 2.58. The maximum absolute atomic E-state index is 11.2. The van der Waals surface area contributed by atoms with Crippen LogP contribution in [0, 0.1) is 11.8 Å². The van der Waals surface area contributed by atoms with E-state index in [4.69, 9.17) is 9.84 Å². The summed E-state index contributed by atoms with van der Waals surface area (Å²) in [6.45, 7) is 1.57. The monoisotopic (exact) mass is 197 g/mol. The molecule has 6 heteroatoms.